The molecule has 1 aromatic heterocycles. The van der Waals surface area contributed by atoms with Gasteiger partial charge in [-0.05, 0) is 24.3 Å². The molecule has 1 heterocycles. The van der Waals surface area contributed by atoms with Gasteiger partial charge < -0.3 is 15.8 Å². The average molecular weight is 429 g/mol. The van der Waals surface area contributed by atoms with Crippen molar-refractivity contribution < 1.29 is 13.2 Å². The van der Waals surface area contributed by atoms with E-state index in [-0.39, 0.29) is 10.9 Å². The van der Waals surface area contributed by atoms with Gasteiger partial charge >= 0.3 is 0 Å². The van der Waals surface area contributed by atoms with Gasteiger partial charge in [-0.25, -0.2) is 13.4 Å². The lowest BCUT2D eigenvalue weighted by Gasteiger charge is -2.04. The molecule has 0 radical (unpaired) electrons. The van der Waals surface area contributed by atoms with E-state index < -0.39 is 10.0 Å². The van der Waals surface area contributed by atoms with Gasteiger partial charge in [0.05, 0.1) is 24.0 Å². The van der Waals surface area contributed by atoms with Crippen LogP contribution in [0.4, 0.5) is 5.13 Å². The zero-order valence-electron chi connectivity index (χ0n) is 14.5. The molecule has 1 aromatic carbocycles. The lowest BCUT2D eigenvalue weighted by atomic mass is 10.3. The lowest BCUT2D eigenvalue weighted by molar-refractivity contribution is 0.414. The molecule has 9 nitrogen and oxygen atoms in total. The number of anilines is 1. The van der Waals surface area contributed by atoms with Gasteiger partial charge in [0.25, 0.3) is 10.0 Å². The van der Waals surface area contributed by atoms with Crippen molar-refractivity contribution >= 4 is 50.6 Å². The first kappa shape index (κ1) is 21.0. The molecule has 0 unspecified atom stereocenters. The Morgan fingerprint density at radius 1 is 1.44 bits per heavy atom. The Balaban J connectivity index is 1.69. The molecular formula is C15H20N6O3S3. The van der Waals surface area contributed by atoms with E-state index in [1.807, 2.05) is 5.38 Å². The summed E-state index contributed by atoms with van der Waals surface area (Å²) in [6, 6.07) is 6.10. The number of aliphatic imine (C=N–C) groups is 1. The second-order valence-electron chi connectivity index (χ2n) is 5.07. The summed E-state index contributed by atoms with van der Waals surface area (Å²) in [6.45, 7) is 0.471. The van der Waals surface area contributed by atoms with Crippen LogP contribution in [0.5, 0.6) is 5.75 Å². The van der Waals surface area contributed by atoms with Gasteiger partial charge in [0.15, 0.2) is 11.1 Å². The van der Waals surface area contributed by atoms with E-state index in [9.17, 15) is 8.42 Å². The van der Waals surface area contributed by atoms with Gasteiger partial charge in [-0.2, -0.15) is 11.8 Å². The molecule has 0 aliphatic heterocycles. The van der Waals surface area contributed by atoms with Crippen LogP contribution in [0.25, 0.3) is 0 Å². The highest BCUT2D eigenvalue weighted by Gasteiger charge is 2.11. The first-order valence-corrected chi connectivity index (χ1v) is 11.2. The van der Waals surface area contributed by atoms with Gasteiger partial charge in [0.1, 0.15) is 5.75 Å². The Hall–Kier alpha value is -2.31. The largest absolute Gasteiger partial charge is 0.497 e. The first-order valence-electron chi connectivity index (χ1n) is 7.68. The number of thiazole rings is 1. The van der Waals surface area contributed by atoms with Crippen LogP contribution in [0.1, 0.15) is 5.69 Å². The van der Waals surface area contributed by atoms with E-state index in [0.29, 0.717) is 28.9 Å². The van der Waals surface area contributed by atoms with Crippen LogP contribution in [0.2, 0.25) is 0 Å². The van der Waals surface area contributed by atoms with Gasteiger partial charge in [0, 0.05) is 23.4 Å². The molecule has 0 bridgehead atoms. The third-order valence-electron chi connectivity index (χ3n) is 3.08. The Morgan fingerprint density at radius 2 is 2.19 bits per heavy atom. The molecule has 0 fully saturated rings. The molecule has 2 aromatic rings. The summed E-state index contributed by atoms with van der Waals surface area (Å²) < 4.78 is 31.5. The van der Waals surface area contributed by atoms with Crippen molar-refractivity contribution in [3.8, 4) is 5.75 Å². The Morgan fingerprint density at radius 3 is 2.85 bits per heavy atom. The topological polar surface area (TPSA) is 143 Å². The molecule has 27 heavy (non-hydrogen) atoms. The van der Waals surface area contributed by atoms with Crippen LogP contribution in [0, 0.1) is 5.41 Å². The first-order chi connectivity index (χ1) is 12.9. The number of nitrogens with one attached hydrogen (secondary N) is 3. The molecule has 0 atom stereocenters. The van der Waals surface area contributed by atoms with Crippen molar-refractivity contribution in [1.29, 1.82) is 5.41 Å². The van der Waals surface area contributed by atoms with Crippen molar-refractivity contribution in [3.63, 3.8) is 0 Å². The fraction of sp³-hybridized carbons (Fsp3) is 0.267. The number of rotatable bonds is 10. The summed E-state index contributed by atoms with van der Waals surface area (Å²) in [5, 5.41) is 12.3. The fourth-order valence-electron chi connectivity index (χ4n) is 1.83. The van der Waals surface area contributed by atoms with E-state index in [0.717, 1.165) is 5.69 Å². The number of benzene rings is 1. The summed E-state index contributed by atoms with van der Waals surface area (Å²) in [5.41, 5.74) is 6.13. The van der Waals surface area contributed by atoms with Crippen molar-refractivity contribution in [2.45, 2.75) is 10.6 Å². The summed E-state index contributed by atoms with van der Waals surface area (Å²) in [5.74, 6) is 1.86. The molecule has 5 N–H and O–H groups in total. The molecule has 0 saturated carbocycles. The smallest absolute Gasteiger partial charge is 0.262 e. The standard InChI is InChI=1S/C15H20N6O3S3/c1-24-12-2-4-13(5-3-12)27(22,23)19-10-18-6-7-25-8-11-9-26-15(20-11)21-14(16)17/h2-5,9-10H,6-8H2,1H3,(H,18,19)(H4,16,17,20,21). The van der Waals surface area contributed by atoms with Crippen LogP contribution in [0.3, 0.4) is 0 Å². The SMILES string of the molecule is COc1ccc(S(=O)(=O)NC=NCCSCc2csc(NC(=N)N)n2)cc1. The molecule has 0 amide bonds. The van der Waals surface area contributed by atoms with Gasteiger partial charge in [-0.1, -0.05) is 0 Å². The summed E-state index contributed by atoms with van der Waals surface area (Å²) in [7, 11) is -2.12. The predicted octanol–water partition coefficient (Wildman–Crippen LogP) is 1.70. The molecular weight excluding hydrogens is 408 g/mol. The highest BCUT2D eigenvalue weighted by Crippen LogP contribution is 2.19. The molecule has 2 rings (SSSR count). The number of sulfonamides is 1. The minimum Gasteiger partial charge on any atom is -0.497 e. The van der Waals surface area contributed by atoms with E-state index in [1.165, 1.54) is 36.9 Å². The quantitative estimate of drug-likeness (QED) is 0.256. The zero-order valence-corrected chi connectivity index (χ0v) is 17.0. The van der Waals surface area contributed by atoms with E-state index in [4.69, 9.17) is 15.9 Å². The molecule has 146 valence electrons. The number of ether oxygens (including phenoxy) is 1. The van der Waals surface area contributed by atoms with Crippen molar-refractivity contribution in [2.24, 2.45) is 10.7 Å². The number of nitrogens with two attached hydrogens (primary N) is 1. The molecule has 0 aliphatic rings. The van der Waals surface area contributed by atoms with Crippen LogP contribution >= 0.6 is 23.1 Å². The molecule has 0 aliphatic carbocycles. The monoisotopic (exact) mass is 428 g/mol. The Labute approximate surface area is 166 Å². The third kappa shape index (κ3) is 7.07. The fourth-order valence-corrected chi connectivity index (χ4v) is 4.24. The number of hydrogen-bond donors (Lipinski definition) is 4. The molecule has 0 saturated heterocycles. The highest BCUT2D eigenvalue weighted by atomic mass is 32.2. The second kappa shape index (κ2) is 10.1. The predicted molar refractivity (Wildman–Crippen MR) is 110 cm³/mol. The average Bonchev–Trinajstić information content (AvgIpc) is 3.07. The second-order valence-corrected chi connectivity index (χ2v) is 8.74. The van der Waals surface area contributed by atoms with Crippen LogP contribution in [0.15, 0.2) is 39.5 Å². The Kier molecular flexibility index (Phi) is 7.88. The molecule has 0 spiro atoms. The van der Waals surface area contributed by atoms with Crippen molar-refractivity contribution in [2.75, 3.05) is 24.7 Å². The minimum absolute atomic E-state index is 0.141. The number of guanidine groups is 1. The van der Waals surface area contributed by atoms with E-state index in [2.05, 4.69) is 20.0 Å². The zero-order chi connectivity index (χ0) is 19.7. The van der Waals surface area contributed by atoms with Gasteiger partial charge in [-0.15, -0.1) is 11.3 Å². The van der Waals surface area contributed by atoms with Gasteiger partial charge in [0.2, 0.25) is 0 Å². The van der Waals surface area contributed by atoms with Crippen LogP contribution in [-0.2, 0) is 15.8 Å². The highest BCUT2D eigenvalue weighted by molar-refractivity contribution is 7.98. The number of thioether (sulfide) groups is 1. The van der Waals surface area contributed by atoms with Crippen LogP contribution < -0.4 is 20.5 Å². The maximum atomic E-state index is 12.1. The third-order valence-corrected chi connectivity index (χ3v) is 6.16. The van der Waals surface area contributed by atoms with Gasteiger partial charge in [-0.3, -0.25) is 15.1 Å². The maximum Gasteiger partial charge on any atom is 0.262 e. The van der Waals surface area contributed by atoms with E-state index in [1.54, 1.807) is 23.9 Å². The summed E-state index contributed by atoms with van der Waals surface area (Å²) in [6.07, 6.45) is 1.19. The maximum absolute atomic E-state index is 12.1. The molecule has 12 heteroatoms. The van der Waals surface area contributed by atoms with Crippen molar-refractivity contribution in [3.05, 3.63) is 35.3 Å². The summed E-state index contributed by atoms with van der Waals surface area (Å²) >= 11 is 3.01. The number of hydrogen-bond acceptors (Lipinski definition) is 8. The Bertz CT molecular complexity index is 880. The number of aromatic nitrogens is 1. The normalized spacial score (nSPS) is 11.4. The number of methoxy groups -OCH3 is 1. The van der Waals surface area contributed by atoms with Crippen molar-refractivity contribution in [1.82, 2.24) is 9.71 Å². The number of nitrogens with zero attached hydrogens (tertiary/aromatic N) is 2. The summed E-state index contributed by atoms with van der Waals surface area (Å²) in [4.78, 5) is 8.49. The van der Waals surface area contributed by atoms with Crippen LogP contribution in [-0.4, -0.2) is 45.1 Å². The lowest BCUT2D eigenvalue weighted by Crippen LogP contribution is -2.22. The van der Waals surface area contributed by atoms with E-state index >= 15 is 0 Å². The minimum atomic E-state index is -3.63.